The van der Waals surface area contributed by atoms with Crippen molar-refractivity contribution in [3.05, 3.63) is 58.1 Å². The van der Waals surface area contributed by atoms with Crippen LogP contribution >= 0.6 is 15.9 Å². The lowest BCUT2D eigenvalue weighted by Gasteiger charge is -2.09. The van der Waals surface area contributed by atoms with E-state index in [1.54, 1.807) is 12.1 Å². The highest BCUT2D eigenvalue weighted by molar-refractivity contribution is 9.10. The molecule has 0 aliphatic rings. The number of nitrogens with zero attached hydrogens (tertiary/aromatic N) is 1. The van der Waals surface area contributed by atoms with Crippen molar-refractivity contribution in [3.8, 4) is 5.75 Å². The van der Waals surface area contributed by atoms with Gasteiger partial charge in [0.25, 0.3) is 10.0 Å². The molecule has 0 atom stereocenters. The number of hydrogen-bond acceptors (Lipinski definition) is 4. The van der Waals surface area contributed by atoms with Crippen molar-refractivity contribution < 1.29 is 13.2 Å². The molecule has 2 rings (SSSR count). The van der Waals surface area contributed by atoms with Gasteiger partial charge < -0.3 is 4.74 Å². The van der Waals surface area contributed by atoms with Crippen molar-refractivity contribution in [2.45, 2.75) is 11.8 Å². The summed E-state index contributed by atoms with van der Waals surface area (Å²) < 4.78 is 30.6. The second-order valence-electron chi connectivity index (χ2n) is 4.56. The van der Waals surface area contributed by atoms with Crippen LogP contribution in [0, 0.1) is 6.92 Å². The Bertz CT molecular complexity index is 787. The minimum atomic E-state index is -3.79. The standard InChI is InChI=1S/C15H15BrN2O3S/c1-11-3-8-14(21-2)15(9-11)22(19,20)18-17-10-12-4-6-13(16)7-5-12/h3-10,18H,1-2H3/b17-10+. The van der Waals surface area contributed by atoms with Crippen LogP contribution in [-0.2, 0) is 10.0 Å². The highest BCUT2D eigenvalue weighted by Gasteiger charge is 2.18. The Balaban J connectivity index is 2.21. The van der Waals surface area contributed by atoms with Crippen molar-refractivity contribution in [3.63, 3.8) is 0 Å². The van der Waals surface area contributed by atoms with Crippen molar-refractivity contribution in [1.82, 2.24) is 4.83 Å². The van der Waals surface area contributed by atoms with Crippen LogP contribution in [0.15, 0.2) is 56.9 Å². The van der Waals surface area contributed by atoms with Crippen LogP contribution in [0.25, 0.3) is 0 Å². The molecule has 0 radical (unpaired) electrons. The SMILES string of the molecule is COc1ccc(C)cc1S(=O)(=O)N/N=C/c1ccc(Br)cc1. The van der Waals surface area contributed by atoms with Crippen LogP contribution in [0.4, 0.5) is 0 Å². The molecule has 0 saturated heterocycles. The third-order valence-corrected chi connectivity index (χ3v) is 4.64. The molecule has 2 aromatic carbocycles. The quantitative estimate of drug-likeness (QED) is 0.638. The van der Waals surface area contributed by atoms with E-state index in [0.29, 0.717) is 0 Å². The minimum absolute atomic E-state index is 0.0583. The molecule has 116 valence electrons. The first kappa shape index (κ1) is 16.5. The van der Waals surface area contributed by atoms with E-state index in [2.05, 4.69) is 25.9 Å². The van der Waals surface area contributed by atoms with Crippen LogP contribution in [0.1, 0.15) is 11.1 Å². The van der Waals surface area contributed by atoms with Crippen molar-refractivity contribution >= 4 is 32.2 Å². The number of ether oxygens (including phenoxy) is 1. The first-order chi connectivity index (χ1) is 10.4. The summed E-state index contributed by atoms with van der Waals surface area (Å²) in [5, 5.41) is 3.79. The zero-order valence-electron chi connectivity index (χ0n) is 12.1. The molecule has 2 aromatic rings. The monoisotopic (exact) mass is 382 g/mol. The Labute approximate surface area is 138 Å². The second kappa shape index (κ2) is 6.93. The highest BCUT2D eigenvalue weighted by Crippen LogP contribution is 2.24. The number of aryl methyl sites for hydroxylation is 1. The summed E-state index contributed by atoms with van der Waals surface area (Å²) >= 11 is 3.33. The fourth-order valence-corrected chi connectivity index (χ4v) is 3.07. The topological polar surface area (TPSA) is 67.8 Å². The number of rotatable bonds is 5. The molecule has 5 nitrogen and oxygen atoms in total. The van der Waals surface area contributed by atoms with E-state index in [1.807, 2.05) is 31.2 Å². The highest BCUT2D eigenvalue weighted by atomic mass is 79.9. The molecule has 0 fully saturated rings. The Morgan fingerprint density at radius 3 is 2.50 bits per heavy atom. The predicted octanol–water partition coefficient (Wildman–Crippen LogP) is 3.08. The minimum Gasteiger partial charge on any atom is -0.495 e. The third kappa shape index (κ3) is 4.08. The summed E-state index contributed by atoms with van der Waals surface area (Å²) in [6.45, 7) is 1.81. The fourth-order valence-electron chi connectivity index (χ4n) is 1.76. The maximum absolute atomic E-state index is 12.3. The maximum atomic E-state index is 12.3. The summed E-state index contributed by atoms with van der Waals surface area (Å²) in [4.78, 5) is 2.25. The number of sulfonamides is 1. The average Bonchev–Trinajstić information content (AvgIpc) is 2.49. The van der Waals surface area contributed by atoms with Gasteiger partial charge in [0.2, 0.25) is 0 Å². The lowest BCUT2D eigenvalue weighted by atomic mass is 10.2. The number of hydrogen-bond donors (Lipinski definition) is 1. The lowest BCUT2D eigenvalue weighted by molar-refractivity contribution is 0.402. The number of methoxy groups -OCH3 is 1. The normalized spacial score (nSPS) is 11.6. The summed E-state index contributed by atoms with van der Waals surface area (Å²) in [5.41, 5.74) is 1.60. The third-order valence-electron chi connectivity index (χ3n) is 2.87. The molecular weight excluding hydrogens is 368 g/mol. The van der Waals surface area contributed by atoms with Gasteiger partial charge >= 0.3 is 0 Å². The van der Waals surface area contributed by atoms with Crippen LogP contribution in [0.3, 0.4) is 0 Å². The van der Waals surface area contributed by atoms with Gasteiger partial charge in [-0.25, -0.2) is 0 Å². The van der Waals surface area contributed by atoms with E-state index < -0.39 is 10.0 Å². The van der Waals surface area contributed by atoms with Gasteiger partial charge in [-0.05, 0) is 42.3 Å². The number of hydrazone groups is 1. The van der Waals surface area contributed by atoms with Gasteiger partial charge in [0, 0.05) is 4.47 Å². The van der Waals surface area contributed by atoms with Gasteiger partial charge in [-0.1, -0.05) is 34.1 Å². The molecule has 22 heavy (non-hydrogen) atoms. The molecule has 0 aromatic heterocycles. The second-order valence-corrected chi connectivity index (χ2v) is 7.10. The summed E-state index contributed by atoms with van der Waals surface area (Å²) in [7, 11) is -2.36. The van der Waals surface area contributed by atoms with E-state index in [0.717, 1.165) is 15.6 Å². The fraction of sp³-hybridized carbons (Fsp3) is 0.133. The van der Waals surface area contributed by atoms with E-state index in [1.165, 1.54) is 19.4 Å². The molecule has 0 bridgehead atoms. The molecule has 0 aliphatic carbocycles. The zero-order chi connectivity index (χ0) is 16.2. The predicted molar refractivity (Wildman–Crippen MR) is 89.8 cm³/mol. The molecule has 0 saturated carbocycles. The van der Waals surface area contributed by atoms with E-state index in [4.69, 9.17) is 4.74 Å². The van der Waals surface area contributed by atoms with Crippen LogP contribution < -0.4 is 9.57 Å². The number of benzene rings is 2. The van der Waals surface area contributed by atoms with Gasteiger partial charge in [0.15, 0.2) is 0 Å². The molecule has 0 heterocycles. The van der Waals surface area contributed by atoms with Crippen molar-refractivity contribution in [2.75, 3.05) is 7.11 Å². The van der Waals surface area contributed by atoms with Gasteiger partial charge in [0.1, 0.15) is 10.6 Å². The molecule has 0 unspecified atom stereocenters. The lowest BCUT2D eigenvalue weighted by Crippen LogP contribution is -2.19. The van der Waals surface area contributed by atoms with Gasteiger partial charge in [-0.3, -0.25) is 0 Å². The Hall–Kier alpha value is -1.86. The first-order valence-electron chi connectivity index (χ1n) is 6.37. The largest absolute Gasteiger partial charge is 0.495 e. The van der Waals surface area contributed by atoms with E-state index in [-0.39, 0.29) is 10.6 Å². The first-order valence-corrected chi connectivity index (χ1v) is 8.65. The Kier molecular flexibility index (Phi) is 5.20. The van der Waals surface area contributed by atoms with Crippen LogP contribution in [0.5, 0.6) is 5.75 Å². The smallest absolute Gasteiger partial charge is 0.280 e. The average molecular weight is 383 g/mol. The van der Waals surface area contributed by atoms with Crippen molar-refractivity contribution in [2.24, 2.45) is 5.10 Å². The Morgan fingerprint density at radius 2 is 1.86 bits per heavy atom. The molecule has 0 spiro atoms. The molecular formula is C15H15BrN2O3S. The van der Waals surface area contributed by atoms with E-state index >= 15 is 0 Å². The van der Waals surface area contributed by atoms with Crippen LogP contribution in [-0.4, -0.2) is 21.7 Å². The summed E-state index contributed by atoms with van der Waals surface area (Å²) in [5.74, 6) is 0.275. The molecule has 0 amide bonds. The summed E-state index contributed by atoms with van der Waals surface area (Å²) in [6.07, 6.45) is 1.44. The van der Waals surface area contributed by atoms with Crippen LogP contribution in [0.2, 0.25) is 0 Å². The molecule has 7 heteroatoms. The van der Waals surface area contributed by atoms with Crippen molar-refractivity contribution in [1.29, 1.82) is 0 Å². The summed E-state index contributed by atoms with van der Waals surface area (Å²) in [6, 6.07) is 12.3. The maximum Gasteiger partial charge on any atom is 0.280 e. The number of nitrogens with one attached hydrogen (secondary N) is 1. The number of halogens is 1. The van der Waals surface area contributed by atoms with Gasteiger partial charge in [-0.2, -0.15) is 18.4 Å². The van der Waals surface area contributed by atoms with Gasteiger partial charge in [0.05, 0.1) is 13.3 Å². The van der Waals surface area contributed by atoms with E-state index in [9.17, 15) is 8.42 Å². The van der Waals surface area contributed by atoms with Gasteiger partial charge in [-0.15, -0.1) is 0 Å². The molecule has 0 aliphatic heterocycles. The Morgan fingerprint density at radius 1 is 1.18 bits per heavy atom. The molecule has 1 N–H and O–H groups in total. The zero-order valence-corrected chi connectivity index (χ0v) is 14.5.